The largest absolute Gasteiger partial charge is 0.481 e. The summed E-state index contributed by atoms with van der Waals surface area (Å²) in [5, 5.41) is 9.68. The molecule has 7 heterocycles. The van der Waals surface area contributed by atoms with Crippen molar-refractivity contribution >= 4 is 62.7 Å². The second-order valence-corrected chi connectivity index (χ2v) is 14.9. The summed E-state index contributed by atoms with van der Waals surface area (Å²) in [5.41, 5.74) is 4.19. The monoisotopic (exact) mass is 639 g/mol. The van der Waals surface area contributed by atoms with Gasteiger partial charge >= 0.3 is 5.97 Å². The van der Waals surface area contributed by atoms with Crippen molar-refractivity contribution in [1.29, 1.82) is 0 Å². The molecule has 5 nitrogen and oxygen atoms in total. The van der Waals surface area contributed by atoms with Crippen LogP contribution in [-0.2, 0) is 11.2 Å². The number of pyridine rings is 1. The third-order valence-corrected chi connectivity index (χ3v) is 13.1. The first kappa shape index (κ1) is 27.1. The normalized spacial score (nSPS) is 11.3. The van der Waals surface area contributed by atoms with Crippen LogP contribution in [-0.4, -0.2) is 26.0 Å². The van der Waals surface area contributed by atoms with Gasteiger partial charge in [0.15, 0.2) is 0 Å². The number of carboxylic acid groups (broad SMARTS) is 1. The molecular formula is C32H21N3O2S5. The number of carbonyl (C=O) groups is 1. The molecule has 0 spiro atoms. The maximum atomic E-state index is 11.8. The van der Waals surface area contributed by atoms with Gasteiger partial charge in [0, 0.05) is 84.7 Å². The topological polar surface area (TPSA) is 76.0 Å². The highest BCUT2D eigenvalue weighted by Gasteiger charge is 2.20. The van der Waals surface area contributed by atoms with Crippen LogP contribution in [0.25, 0.3) is 59.9 Å². The lowest BCUT2D eigenvalue weighted by atomic mass is 10.1. The number of aromatic nitrogens is 3. The molecule has 0 radical (unpaired) electrons. The van der Waals surface area contributed by atoms with Crippen molar-refractivity contribution in [2.24, 2.45) is 0 Å². The summed E-state index contributed by atoms with van der Waals surface area (Å²) >= 11 is 8.64. The fraction of sp³-hybridized carbons (Fsp3) is 0.0625. The molecule has 0 aliphatic rings. The Labute approximate surface area is 262 Å². The van der Waals surface area contributed by atoms with Gasteiger partial charge in [-0.3, -0.25) is 9.78 Å². The summed E-state index contributed by atoms with van der Waals surface area (Å²) in [4.78, 5) is 35.9. The minimum atomic E-state index is -0.823. The molecule has 0 unspecified atom stereocenters. The van der Waals surface area contributed by atoms with E-state index >= 15 is 0 Å². The number of thiophene rings is 5. The van der Waals surface area contributed by atoms with E-state index in [4.69, 9.17) is 0 Å². The molecule has 0 fully saturated rings. The van der Waals surface area contributed by atoms with Crippen LogP contribution in [0.2, 0.25) is 0 Å². The van der Waals surface area contributed by atoms with Crippen molar-refractivity contribution in [2.45, 2.75) is 13.3 Å². The Balaban J connectivity index is 1.19. The molecule has 0 aliphatic heterocycles. The van der Waals surface area contributed by atoms with Gasteiger partial charge in [0.2, 0.25) is 0 Å². The predicted molar refractivity (Wildman–Crippen MR) is 178 cm³/mol. The van der Waals surface area contributed by atoms with Gasteiger partial charge in [0.25, 0.3) is 0 Å². The molecule has 0 aliphatic carbocycles. The van der Waals surface area contributed by atoms with Crippen LogP contribution < -0.4 is 0 Å². The van der Waals surface area contributed by atoms with Gasteiger partial charge in [-0.2, -0.15) is 0 Å². The van der Waals surface area contributed by atoms with E-state index in [0.29, 0.717) is 0 Å². The Morgan fingerprint density at radius 3 is 1.90 bits per heavy atom. The molecule has 7 rings (SSSR count). The molecular weight excluding hydrogens is 619 g/mol. The number of carboxylic acids is 1. The maximum absolute atomic E-state index is 11.8. The van der Waals surface area contributed by atoms with E-state index in [1.807, 2.05) is 30.7 Å². The molecule has 1 N–H and O–H groups in total. The van der Waals surface area contributed by atoms with E-state index in [0.717, 1.165) is 46.0 Å². The number of nitrogens with zero attached hydrogens (tertiary/aromatic N) is 3. The van der Waals surface area contributed by atoms with E-state index in [9.17, 15) is 9.90 Å². The summed E-state index contributed by atoms with van der Waals surface area (Å²) in [6.07, 6.45) is 8.86. The fourth-order valence-electron chi connectivity index (χ4n) is 4.67. The van der Waals surface area contributed by atoms with Crippen LogP contribution in [0.15, 0.2) is 91.8 Å². The molecule has 42 heavy (non-hydrogen) atoms. The lowest BCUT2D eigenvalue weighted by Crippen LogP contribution is -1.99. The van der Waals surface area contributed by atoms with Crippen LogP contribution in [0, 0.1) is 6.92 Å². The van der Waals surface area contributed by atoms with Crippen LogP contribution in [0.4, 0.5) is 0 Å². The molecule has 10 heteroatoms. The highest BCUT2D eigenvalue weighted by molar-refractivity contribution is 7.30. The smallest absolute Gasteiger partial charge is 0.307 e. The van der Waals surface area contributed by atoms with Gasteiger partial charge in [-0.15, -0.1) is 56.7 Å². The van der Waals surface area contributed by atoms with E-state index in [-0.39, 0.29) is 6.42 Å². The van der Waals surface area contributed by atoms with Gasteiger partial charge in [-0.1, -0.05) is 6.07 Å². The van der Waals surface area contributed by atoms with Crippen molar-refractivity contribution in [3.8, 4) is 59.9 Å². The molecule has 206 valence electrons. The molecule has 0 saturated carbocycles. The fourth-order valence-corrected chi connectivity index (χ4v) is 10.5. The van der Waals surface area contributed by atoms with E-state index in [1.54, 1.807) is 69.2 Å². The van der Waals surface area contributed by atoms with Crippen LogP contribution in [0.1, 0.15) is 11.1 Å². The maximum Gasteiger partial charge on any atom is 0.307 e. The van der Waals surface area contributed by atoms with Gasteiger partial charge in [0.1, 0.15) is 6.33 Å². The minimum absolute atomic E-state index is 0.00471. The highest BCUT2D eigenvalue weighted by Crippen LogP contribution is 2.48. The Hall–Kier alpha value is -3.80. The lowest BCUT2D eigenvalue weighted by molar-refractivity contribution is -0.136. The minimum Gasteiger partial charge on any atom is -0.481 e. The first-order chi connectivity index (χ1) is 20.5. The average Bonchev–Trinajstić information content (AvgIpc) is 3.83. The zero-order chi connectivity index (χ0) is 28.6. The second-order valence-electron chi connectivity index (χ2n) is 9.52. The van der Waals surface area contributed by atoms with Crippen molar-refractivity contribution in [1.82, 2.24) is 15.0 Å². The number of hydrogen-bond donors (Lipinski definition) is 1. The van der Waals surface area contributed by atoms with Crippen LogP contribution in [0.3, 0.4) is 0 Å². The van der Waals surface area contributed by atoms with Crippen molar-refractivity contribution < 1.29 is 9.90 Å². The summed E-state index contributed by atoms with van der Waals surface area (Å²) in [7, 11) is 0. The molecule has 0 amide bonds. The van der Waals surface area contributed by atoms with Gasteiger partial charge in [0.05, 0.1) is 6.42 Å². The Morgan fingerprint density at radius 1 is 0.643 bits per heavy atom. The first-order valence-electron chi connectivity index (χ1n) is 12.9. The molecule has 0 aromatic carbocycles. The third kappa shape index (κ3) is 5.39. The Bertz CT molecular complexity index is 2010. The lowest BCUT2D eigenvalue weighted by Gasteiger charge is -1.98. The van der Waals surface area contributed by atoms with Gasteiger partial charge < -0.3 is 5.11 Å². The van der Waals surface area contributed by atoms with Gasteiger partial charge in [-0.05, 0) is 72.6 Å². The highest BCUT2D eigenvalue weighted by atomic mass is 32.1. The molecule has 0 atom stereocenters. The predicted octanol–water partition coefficient (Wildman–Crippen LogP) is 10.1. The van der Waals surface area contributed by atoms with E-state index < -0.39 is 5.97 Å². The van der Waals surface area contributed by atoms with Gasteiger partial charge in [-0.25, -0.2) is 9.97 Å². The average molecular weight is 640 g/mol. The second kappa shape index (κ2) is 11.5. The molecule has 0 saturated heterocycles. The summed E-state index contributed by atoms with van der Waals surface area (Å²) in [6.45, 7) is 2.16. The summed E-state index contributed by atoms with van der Waals surface area (Å²) < 4.78 is 0. The summed E-state index contributed by atoms with van der Waals surface area (Å²) in [5.74, 6) is -0.823. The number of aryl methyl sites for hydroxylation is 1. The standard InChI is InChI=1S/C32H21N3O2S5/c1-18-11-28(24-7-5-23(39-24)21-15-34-17-35-16-21)41-31(18)26-8-9-27(40-26)32-20(13-30(36)37)12-29(42-32)25-6-4-22(38-25)19-3-2-10-33-14-19/h2-12,14-17H,13H2,1H3,(H,36,37). The third-order valence-electron chi connectivity index (χ3n) is 6.61. The quantitative estimate of drug-likeness (QED) is 0.179. The molecule has 7 aromatic rings. The molecule has 0 bridgehead atoms. The van der Waals surface area contributed by atoms with Crippen molar-refractivity contribution in [3.63, 3.8) is 0 Å². The Kier molecular flexibility index (Phi) is 7.39. The van der Waals surface area contributed by atoms with Crippen molar-refractivity contribution in [3.05, 3.63) is 103 Å². The number of rotatable bonds is 8. The summed E-state index contributed by atoms with van der Waals surface area (Å²) in [6, 6.07) is 21.1. The SMILES string of the molecule is Cc1cc(-c2ccc(-c3cncnc3)s2)sc1-c1ccc(-c2sc(-c3ccc(-c4cccnc4)s3)cc2CC(=O)O)s1. The molecule has 7 aromatic heterocycles. The zero-order valence-corrected chi connectivity index (χ0v) is 26.2. The van der Waals surface area contributed by atoms with E-state index in [1.165, 1.54) is 25.1 Å². The van der Waals surface area contributed by atoms with Crippen LogP contribution in [0.5, 0.6) is 0 Å². The first-order valence-corrected chi connectivity index (χ1v) is 17.0. The number of hydrogen-bond acceptors (Lipinski definition) is 9. The van der Waals surface area contributed by atoms with E-state index in [2.05, 4.69) is 70.4 Å². The zero-order valence-electron chi connectivity index (χ0n) is 22.1. The number of aliphatic carboxylic acids is 1. The van der Waals surface area contributed by atoms with Crippen molar-refractivity contribution in [2.75, 3.05) is 0 Å². The van der Waals surface area contributed by atoms with Crippen LogP contribution >= 0.6 is 56.7 Å². The Morgan fingerprint density at radius 2 is 1.21 bits per heavy atom.